The fraction of sp³-hybridized carbons (Fsp3) is 0.429. The van der Waals surface area contributed by atoms with Crippen LogP contribution in [0.2, 0.25) is 0 Å². The molecule has 0 aliphatic heterocycles. The number of carbonyl (C=O) groups is 1. The highest BCUT2D eigenvalue weighted by atomic mass is 16.4. The molecule has 0 saturated carbocycles. The van der Waals surface area contributed by atoms with Gasteiger partial charge in [-0.05, 0) is 7.05 Å². The summed E-state index contributed by atoms with van der Waals surface area (Å²) in [5, 5.41) is 11.5. The minimum Gasteiger partial charge on any atom is -0.475 e. The first-order valence-electron chi connectivity index (χ1n) is 3.55. The molecule has 0 aliphatic carbocycles. The van der Waals surface area contributed by atoms with Crippen molar-refractivity contribution in [2.75, 3.05) is 7.05 Å². The van der Waals surface area contributed by atoms with Crippen LogP contribution in [0.4, 0.5) is 0 Å². The second-order valence-corrected chi connectivity index (χ2v) is 2.50. The Morgan fingerprint density at radius 2 is 2.50 bits per heavy atom. The molecule has 2 N–H and O–H groups in total. The average molecular weight is 169 g/mol. The smallest absolute Gasteiger partial charge is 0.372 e. The van der Waals surface area contributed by atoms with Gasteiger partial charge in [0.25, 0.3) is 0 Å². The predicted molar refractivity (Wildman–Crippen MR) is 42.9 cm³/mol. The van der Waals surface area contributed by atoms with Crippen LogP contribution in [0.15, 0.2) is 6.20 Å². The van der Waals surface area contributed by atoms with Crippen molar-refractivity contribution in [3.05, 3.63) is 17.7 Å². The first kappa shape index (κ1) is 8.73. The van der Waals surface area contributed by atoms with Gasteiger partial charge >= 0.3 is 5.97 Å². The molecule has 0 aromatic carbocycles. The maximum absolute atomic E-state index is 10.5. The zero-order valence-electron chi connectivity index (χ0n) is 7.03. The van der Waals surface area contributed by atoms with E-state index in [-0.39, 0.29) is 5.82 Å². The Hall–Kier alpha value is -1.36. The van der Waals surface area contributed by atoms with Crippen molar-refractivity contribution < 1.29 is 9.90 Å². The Bertz CT molecular complexity index is 293. The first-order chi connectivity index (χ1) is 5.65. The lowest BCUT2D eigenvalue weighted by molar-refractivity contribution is 0.0679. The molecule has 0 spiro atoms. The first-order valence-corrected chi connectivity index (χ1v) is 3.55. The molecule has 0 fully saturated rings. The quantitative estimate of drug-likeness (QED) is 0.659. The monoisotopic (exact) mass is 169 g/mol. The zero-order chi connectivity index (χ0) is 9.14. The Balaban J connectivity index is 2.92. The summed E-state index contributed by atoms with van der Waals surface area (Å²) in [5.74, 6) is -0.930. The third-order valence-corrected chi connectivity index (χ3v) is 1.48. The van der Waals surface area contributed by atoms with Crippen LogP contribution in [-0.4, -0.2) is 27.7 Å². The van der Waals surface area contributed by atoms with Crippen molar-refractivity contribution in [2.45, 2.75) is 6.54 Å². The van der Waals surface area contributed by atoms with Gasteiger partial charge in [-0.2, -0.15) is 0 Å². The van der Waals surface area contributed by atoms with Crippen LogP contribution >= 0.6 is 0 Å². The van der Waals surface area contributed by atoms with E-state index in [0.29, 0.717) is 6.54 Å². The molecule has 1 rings (SSSR count). The highest BCUT2D eigenvalue weighted by molar-refractivity contribution is 5.83. The van der Waals surface area contributed by atoms with Crippen molar-refractivity contribution in [3.63, 3.8) is 0 Å². The Kier molecular flexibility index (Phi) is 2.44. The fourth-order valence-electron chi connectivity index (χ4n) is 0.993. The summed E-state index contributed by atoms with van der Waals surface area (Å²) in [6.07, 6.45) is 1.69. The van der Waals surface area contributed by atoms with Crippen molar-refractivity contribution in [2.24, 2.45) is 7.05 Å². The number of hydrogen-bond acceptors (Lipinski definition) is 3. The maximum Gasteiger partial charge on any atom is 0.372 e. The van der Waals surface area contributed by atoms with Crippen LogP contribution in [0, 0.1) is 0 Å². The van der Waals surface area contributed by atoms with Gasteiger partial charge in [0.15, 0.2) is 0 Å². The summed E-state index contributed by atoms with van der Waals surface area (Å²) >= 11 is 0. The van der Waals surface area contributed by atoms with E-state index in [1.165, 1.54) is 4.57 Å². The topological polar surface area (TPSA) is 67.2 Å². The number of hydrogen-bond donors (Lipinski definition) is 2. The third kappa shape index (κ3) is 1.62. The van der Waals surface area contributed by atoms with E-state index in [1.807, 2.05) is 0 Å². The molecule has 0 bridgehead atoms. The summed E-state index contributed by atoms with van der Waals surface area (Å²) in [5.41, 5.74) is 0.734. The number of carboxylic acids is 1. The molecule has 5 nitrogen and oxygen atoms in total. The average Bonchev–Trinajstić information content (AvgIpc) is 2.32. The zero-order valence-corrected chi connectivity index (χ0v) is 7.03. The summed E-state index contributed by atoms with van der Waals surface area (Å²) in [6.45, 7) is 0.584. The molecule has 1 aromatic rings. The summed E-state index contributed by atoms with van der Waals surface area (Å²) in [4.78, 5) is 14.4. The number of aromatic nitrogens is 2. The molecule has 66 valence electrons. The van der Waals surface area contributed by atoms with E-state index in [0.717, 1.165) is 5.69 Å². The standard InChI is InChI=1S/C7H11N3O2/c1-8-3-5-4-10(2)6(9-5)7(11)12/h4,8H,3H2,1-2H3,(H,11,12). The van der Waals surface area contributed by atoms with Gasteiger partial charge in [0, 0.05) is 19.8 Å². The molecule has 0 amide bonds. The molecule has 1 aromatic heterocycles. The molecule has 0 saturated heterocycles. The predicted octanol–water partition coefficient (Wildman–Crippen LogP) is -0.162. The van der Waals surface area contributed by atoms with Crippen molar-refractivity contribution in [3.8, 4) is 0 Å². The van der Waals surface area contributed by atoms with Gasteiger partial charge in [0.1, 0.15) is 0 Å². The van der Waals surface area contributed by atoms with Crippen molar-refractivity contribution in [1.29, 1.82) is 0 Å². The Labute approximate surface area is 70.0 Å². The highest BCUT2D eigenvalue weighted by Gasteiger charge is 2.10. The second-order valence-electron chi connectivity index (χ2n) is 2.50. The normalized spacial score (nSPS) is 10.2. The molecule has 0 aliphatic rings. The minimum atomic E-state index is -1.00. The summed E-state index contributed by atoms with van der Waals surface area (Å²) < 4.78 is 1.50. The molecule has 12 heavy (non-hydrogen) atoms. The molecule has 5 heteroatoms. The van der Waals surface area contributed by atoms with Gasteiger partial charge in [-0.3, -0.25) is 0 Å². The lowest BCUT2D eigenvalue weighted by atomic mass is 10.5. The highest BCUT2D eigenvalue weighted by Crippen LogP contribution is 2.00. The van der Waals surface area contributed by atoms with Crippen LogP contribution in [-0.2, 0) is 13.6 Å². The number of rotatable bonds is 3. The Morgan fingerprint density at radius 1 is 1.83 bits per heavy atom. The lowest BCUT2D eigenvalue weighted by Crippen LogP contribution is -2.06. The number of imidazole rings is 1. The van der Waals surface area contributed by atoms with Crippen LogP contribution in [0.3, 0.4) is 0 Å². The number of aromatic carboxylic acids is 1. The van der Waals surface area contributed by atoms with Crippen molar-refractivity contribution in [1.82, 2.24) is 14.9 Å². The molecular formula is C7H11N3O2. The van der Waals surface area contributed by atoms with Gasteiger partial charge in [-0.25, -0.2) is 9.78 Å². The van der Waals surface area contributed by atoms with Crippen LogP contribution in [0.25, 0.3) is 0 Å². The second kappa shape index (κ2) is 3.36. The van der Waals surface area contributed by atoms with E-state index in [9.17, 15) is 4.79 Å². The molecule has 0 atom stereocenters. The van der Waals surface area contributed by atoms with Gasteiger partial charge < -0.3 is 15.0 Å². The Morgan fingerprint density at radius 3 is 2.92 bits per heavy atom. The number of aryl methyl sites for hydroxylation is 1. The van der Waals surface area contributed by atoms with E-state index < -0.39 is 5.97 Å². The summed E-state index contributed by atoms with van der Waals surface area (Å²) in [6, 6.07) is 0. The number of carboxylic acid groups (broad SMARTS) is 1. The van der Waals surface area contributed by atoms with E-state index in [2.05, 4.69) is 10.3 Å². The van der Waals surface area contributed by atoms with E-state index >= 15 is 0 Å². The van der Waals surface area contributed by atoms with Gasteiger partial charge in [-0.1, -0.05) is 0 Å². The molecular weight excluding hydrogens is 158 g/mol. The minimum absolute atomic E-state index is 0.0697. The SMILES string of the molecule is CNCc1cn(C)c(C(=O)O)n1. The van der Waals surface area contributed by atoms with Gasteiger partial charge in [0.2, 0.25) is 5.82 Å². The molecule has 0 unspecified atom stereocenters. The van der Waals surface area contributed by atoms with E-state index in [1.54, 1.807) is 20.3 Å². The van der Waals surface area contributed by atoms with Crippen LogP contribution in [0.1, 0.15) is 16.3 Å². The van der Waals surface area contributed by atoms with Crippen LogP contribution in [0.5, 0.6) is 0 Å². The largest absolute Gasteiger partial charge is 0.475 e. The number of nitrogens with one attached hydrogen (secondary N) is 1. The van der Waals surface area contributed by atoms with Crippen LogP contribution < -0.4 is 5.32 Å². The molecule has 0 radical (unpaired) electrons. The third-order valence-electron chi connectivity index (χ3n) is 1.48. The number of nitrogens with zero attached hydrogens (tertiary/aromatic N) is 2. The molecule has 1 heterocycles. The van der Waals surface area contributed by atoms with Gasteiger partial charge in [-0.15, -0.1) is 0 Å². The summed E-state index contributed by atoms with van der Waals surface area (Å²) in [7, 11) is 3.45. The van der Waals surface area contributed by atoms with Crippen molar-refractivity contribution >= 4 is 5.97 Å². The van der Waals surface area contributed by atoms with E-state index in [4.69, 9.17) is 5.11 Å². The van der Waals surface area contributed by atoms with Gasteiger partial charge in [0.05, 0.1) is 5.69 Å². The maximum atomic E-state index is 10.5. The fourth-order valence-corrected chi connectivity index (χ4v) is 0.993. The lowest BCUT2D eigenvalue weighted by Gasteiger charge is -1.90.